The summed E-state index contributed by atoms with van der Waals surface area (Å²) >= 11 is 1.73. The Bertz CT molecular complexity index is 433. The maximum Gasteiger partial charge on any atom is 0.148 e. The number of nitrogens with zero attached hydrogens (tertiary/aromatic N) is 2. The summed E-state index contributed by atoms with van der Waals surface area (Å²) in [5.74, 6) is 0.825. The van der Waals surface area contributed by atoms with Gasteiger partial charge in [0, 0.05) is 6.54 Å². The van der Waals surface area contributed by atoms with Crippen LogP contribution in [0.15, 0.2) is 22.9 Å². The molecule has 0 aliphatic rings. The number of anilines is 1. The van der Waals surface area contributed by atoms with Crippen molar-refractivity contribution in [1.29, 1.82) is 0 Å². The summed E-state index contributed by atoms with van der Waals surface area (Å²) in [7, 11) is 0. The molecule has 3 nitrogen and oxygen atoms in total. The van der Waals surface area contributed by atoms with Crippen LogP contribution in [-0.2, 0) is 6.54 Å². The average molecular weight is 219 g/mol. The van der Waals surface area contributed by atoms with Crippen LogP contribution in [0.5, 0.6) is 0 Å². The molecule has 0 amide bonds. The second-order valence-electron chi connectivity index (χ2n) is 3.49. The molecule has 0 atom stereocenters. The summed E-state index contributed by atoms with van der Waals surface area (Å²) in [5, 5.41) is 15.6. The number of thiophene rings is 1. The summed E-state index contributed by atoms with van der Waals surface area (Å²) in [6, 6.07) is 3.90. The Morgan fingerprint density at radius 3 is 2.67 bits per heavy atom. The van der Waals surface area contributed by atoms with Crippen molar-refractivity contribution in [3.05, 3.63) is 39.7 Å². The van der Waals surface area contributed by atoms with Gasteiger partial charge in [-0.15, -0.1) is 5.10 Å². The van der Waals surface area contributed by atoms with E-state index >= 15 is 0 Å². The highest BCUT2D eigenvalue weighted by Crippen LogP contribution is 2.14. The third-order valence-corrected chi connectivity index (χ3v) is 3.13. The van der Waals surface area contributed by atoms with Crippen LogP contribution in [0, 0.1) is 13.8 Å². The van der Waals surface area contributed by atoms with Gasteiger partial charge < -0.3 is 5.32 Å². The van der Waals surface area contributed by atoms with E-state index in [2.05, 4.69) is 33.2 Å². The van der Waals surface area contributed by atoms with Crippen LogP contribution in [0.3, 0.4) is 0 Å². The molecule has 0 aliphatic carbocycles. The zero-order chi connectivity index (χ0) is 10.7. The second-order valence-corrected chi connectivity index (χ2v) is 4.24. The second kappa shape index (κ2) is 4.40. The summed E-state index contributed by atoms with van der Waals surface area (Å²) in [4.78, 5) is 0. The van der Waals surface area contributed by atoms with Gasteiger partial charge in [-0.2, -0.15) is 16.4 Å². The molecular weight excluding hydrogens is 206 g/mol. The number of hydrogen-bond donors (Lipinski definition) is 1. The first-order valence-electron chi connectivity index (χ1n) is 4.81. The van der Waals surface area contributed by atoms with Crippen molar-refractivity contribution in [3.8, 4) is 0 Å². The first-order valence-corrected chi connectivity index (χ1v) is 5.76. The number of aryl methyl sites for hydroxylation is 2. The van der Waals surface area contributed by atoms with Crippen LogP contribution in [0.4, 0.5) is 5.82 Å². The van der Waals surface area contributed by atoms with Crippen LogP contribution in [0.1, 0.15) is 16.8 Å². The van der Waals surface area contributed by atoms with Crippen LogP contribution in [0.25, 0.3) is 0 Å². The first kappa shape index (κ1) is 10.1. The standard InChI is InChI=1S/C11H13N3S/c1-8-6-15-7-10(8)5-12-11-4-3-9(2)13-14-11/h3-4,6-7H,5H2,1-2H3,(H,12,14). The van der Waals surface area contributed by atoms with Crippen molar-refractivity contribution in [2.75, 3.05) is 5.32 Å². The number of hydrogen-bond acceptors (Lipinski definition) is 4. The van der Waals surface area contributed by atoms with Crippen LogP contribution < -0.4 is 5.32 Å². The molecule has 2 heterocycles. The molecule has 0 saturated carbocycles. The first-order chi connectivity index (χ1) is 7.25. The van der Waals surface area contributed by atoms with Crippen molar-refractivity contribution in [2.24, 2.45) is 0 Å². The van der Waals surface area contributed by atoms with Crippen molar-refractivity contribution >= 4 is 17.2 Å². The lowest BCUT2D eigenvalue weighted by Gasteiger charge is -2.04. The molecule has 2 aromatic heterocycles. The van der Waals surface area contributed by atoms with E-state index in [1.165, 1.54) is 11.1 Å². The third-order valence-electron chi connectivity index (χ3n) is 2.22. The topological polar surface area (TPSA) is 37.8 Å². The number of aromatic nitrogens is 2. The highest BCUT2D eigenvalue weighted by molar-refractivity contribution is 7.08. The van der Waals surface area contributed by atoms with Crippen LogP contribution >= 0.6 is 11.3 Å². The normalized spacial score (nSPS) is 10.3. The summed E-state index contributed by atoms with van der Waals surface area (Å²) in [5.41, 5.74) is 3.59. The van der Waals surface area contributed by atoms with Gasteiger partial charge in [-0.25, -0.2) is 0 Å². The third kappa shape index (κ3) is 2.53. The lowest BCUT2D eigenvalue weighted by molar-refractivity contribution is 0.962. The van der Waals surface area contributed by atoms with Gasteiger partial charge >= 0.3 is 0 Å². The highest BCUT2D eigenvalue weighted by Gasteiger charge is 1.99. The van der Waals surface area contributed by atoms with Gasteiger partial charge in [0.1, 0.15) is 5.82 Å². The summed E-state index contributed by atoms with van der Waals surface area (Å²) in [6.45, 7) is 4.86. The Kier molecular flexibility index (Phi) is 2.97. The molecule has 4 heteroatoms. The Morgan fingerprint density at radius 1 is 1.20 bits per heavy atom. The molecule has 0 unspecified atom stereocenters. The molecule has 2 rings (SSSR count). The predicted molar refractivity (Wildman–Crippen MR) is 63.2 cm³/mol. The maximum absolute atomic E-state index is 4.05. The van der Waals surface area contributed by atoms with Crippen molar-refractivity contribution in [3.63, 3.8) is 0 Å². The van der Waals surface area contributed by atoms with Gasteiger partial charge in [0.05, 0.1) is 5.69 Å². The SMILES string of the molecule is Cc1ccc(NCc2cscc2C)nn1. The summed E-state index contributed by atoms with van der Waals surface area (Å²) in [6.07, 6.45) is 0. The van der Waals surface area contributed by atoms with Gasteiger partial charge in [0.15, 0.2) is 0 Å². The lowest BCUT2D eigenvalue weighted by Crippen LogP contribution is -2.02. The minimum absolute atomic E-state index is 0.813. The predicted octanol–water partition coefficient (Wildman–Crippen LogP) is 2.77. The fourth-order valence-electron chi connectivity index (χ4n) is 1.25. The Balaban J connectivity index is 1.99. The number of rotatable bonds is 3. The van der Waals surface area contributed by atoms with Gasteiger partial charge in [-0.3, -0.25) is 0 Å². The van der Waals surface area contributed by atoms with Crippen LogP contribution in [0.2, 0.25) is 0 Å². The molecule has 1 N–H and O–H groups in total. The molecule has 0 aromatic carbocycles. The quantitative estimate of drug-likeness (QED) is 0.862. The smallest absolute Gasteiger partial charge is 0.148 e. The molecule has 0 fully saturated rings. The van der Waals surface area contributed by atoms with Crippen molar-refractivity contribution in [1.82, 2.24) is 10.2 Å². The maximum atomic E-state index is 4.05. The van der Waals surface area contributed by atoms with E-state index < -0.39 is 0 Å². The molecule has 0 spiro atoms. The molecule has 0 bridgehead atoms. The van der Waals surface area contributed by atoms with Gasteiger partial charge in [0.2, 0.25) is 0 Å². The summed E-state index contributed by atoms with van der Waals surface area (Å²) < 4.78 is 0. The van der Waals surface area contributed by atoms with Crippen molar-refractivity contribution in [2.45, 2.75) is 20.4 Å². The molecule has 2 aromatic rings. The molecule has 78 valence electrons. The van der Waals surface area contributed by atoms with Gasteiger partial charge in [0.25, 0.3) is 0 Å². The molecule has 0 saturated heterocycles. The van der Waals surface area contributed by atoms with Gasteiger partial charge in [-0.1, -0.05) is 0 Å². The average Bonchev–Trinajstić information content (AvgIpc) is 2.63. The fourth-order valence-corrected chi connectivity index (χ4v) is 2.10. The monoisotopic (exact) mass is 219 g/mol. The zero-order valence-electron chi connectivity index (χ0n) is 8.82. The largest absolute Gasteiger partial charge is 0.364 e. The lowest BCUT2D eigenvalue weighted by atomic mass is 10.2. The van der Waals surface area contributed by atoms with Crippen molar-refractivity contribution < 1.29 is 0 Å². The van der Waals surface area contributed by atoms with E-state index in [1.807, 2.05) is 19.1 Å². The minimum Gasteiger partial charge on any atom is -0.364 e. The fraction of sp³-hybridized carbons (Fsp3) is 0.273. The van der Waals surface area contributed by atoms with Crippen LogP contribution in [-0.4, -0.2) is 10.2 Å². The van der Waals surface area contributed by atoms with E-state index in [0.29, 0.717) is 0 Å². The zero-order valence-corrected chi connectivity index (χ0v) is 9.64. The molecule has 0 aliphatic heterocycles. The Hall–Kier alpha value is -1.42. The molecular formula is C11H13N3S. The Labute approximate surface area is 93.2 Å². The Morgan fingerprint density at radius 2 is 2.07 bits per heavy atom. The van der Waals surface area contributed by atoms with E-state index in [4.69, 9.17) is 0 Å². The number of nitrogens with one attached hydrogen (secondary N) is 1. The highest BCUT2D eigenvalue weighted by atomic mass is 32.1. The molecule has 0 radical (unpaired) electrons. The van der Waals surface area contributed by atoms with E-state index in [0.717, 1.165) is 18.1 Å². The van der Waals surface area contributed by atoms with E-state index in [9.17, 15) is 0 Å². The minimum atomic E-state index is 0.813. The van der Waals surface area contributed by atoms with E-state index in [-0.39, 0.29) is 0 Å². The van der Waals surface area contributed by atoms with Gasteiger partial charge in [-0.05, 0) is 47.9 Å². The van der Waals surface area contributed by atoms with E-state index in [1.54, 1.807) is 11.3 Å². The molecule has 15 heavy (non-hydrogen) atoms.